The molecule has 5 rings (SSSR count). The van der Waals surface area contributed by atoms with Crippen molar-refractivity contribution in [3.05, 3.63) is 83.8 Å². The number of halogens is 1. The topological polar surface area (TPSA) is 96.9 Å². The molecule has 2 aromatic carbocycles. The zero-order valence-electron chi connectivity index (χ0n) is 17.9. The second-order valence-electron chi connectivity index (χ2n) is 7.71. The fraction of sp³-hybridized carbons (Fsp3) is 0.167. The van der Waals surface area contributed by atoms with Crippen LogP contribution in [0.5, 0.6) is 0 Å². The molecule has 3 heterocycles. The van der Waals surface area contributed by atoms with E-state index in [1.165, 1.54) is 30.5 Å². The molecule has 174 valence electrons. The van der Waals surface area contributed by atoms with Crippen LogP contribution in [0.3, 0.4) is 0 Å². The Hall–Kier alpha value is -3.56. The number of furan rings is 1. The molecule has 0 bridgehead atoms. The Morgan fingerprint density at radius 1 is 0.912 bits per heavy atom. The first kappa shape index (κ1) is 22.2. The summed E-state index contributed by atoms with van der Waals surface area (Å²) in [6.45, 7) is 1.50. The van der Waals surface area contributed by atoms with Crippen LogP contribution in [0.1, 0.15) is 10.6 Å². The third kappa shape index (κ3) is 4.20. The highest BCUT2D eigenvalue weighted by molar-refractivity contribution is 7.91. The zero-order chi connectivity index (χ0) is 23.7. The van der Waals surface area contributed by atoms with Gasteiger partial charge in [-0.1, -0.05) is 29.8 Å². The predicted octanol–water partition coefficient (Wildman–Crippen LogP) is 4.38. The summed E-state index contributed by atoms with van der Waals surface area (Å²) in [7, 11) is -3.99. The van der Waals surface area contributed by atoms with Crippen molar-refractivity contribution in [3.8, 4) is 11.5 Å². The number of amides is 1. The smallest absolute Gasteiger partial charge is 0.289 e. The van der Waals surface area contributed by atoms with Crippen LogP contribution in [0.2, 0.25) is 5.02 Å². The molecule has 34 heavy (non-hydrogen) atoms. The van der Waals surface area contributed by atoms with Gasteiger partial charge in [-0.15, -0.1) is 0 Å². The summed E-state index contributed by atoms with van der Waals surface area (Å²) in [4.78, 5) is 20.5. The van der Waals surface area contributed by atoms with Gasteiger partial charge >= 0.3 is 0 Å². The van der Waals surface area contributed by atoms with Crippen molar-refractivity contribution in [2.24, 2.45) is 0 Å². The monoisotopic (exact) mass is 497 g/mol. The molecule has 10 heteroatoms. The molecule has 0 spiro atoms. The van der Waals surface area contributed by atoms with E-state index in [-0.39, 0.29) is 33.4 Å². The van der Waals surface area contributed by atoms with Gasteiger partial charge in [-0.3, -0.25) is 4.79 Å². The lowest BCUT2D eigenvalue weighted by Crippen LogP contribution is -2.49. The molecule has 1 amide bonds. The van der Waals surface area contributed by atoms with Gasteiger partial charge < -0.3 is 18.6 Å². The number of nitrogens with zero attached hydrogens (tertiary/aromatic N) is 3. The number of benzene rings is 2. The predicted molar refractivity (Wildman–Crippen MR) is 126 cm³/mol. The number of oxazole rings is 1. The van der Waals surface area contributed by atoms with Crippen molar-refractivity contribution in [2.75, 3.05) is 31.1 Å². The van der Waals surface area contributed by atoms with Crippen LogP contribution >= 0.6 is 11.6 Å². The second kappa shape index (κ2) is 9.00. The van der Waals surface area contributed by atoms with Gasteiger partial charge in [0.25, 0.3) is 5.91 Å². The van der Waals surface area contributed by atoms with Crippen LogP contribution in [-0.4, -0.2) is 50.4 Å². The lowest BCUT2D eigenvalue weighted by atomic mass is 10.2. The quantitative estimate of drug-likeness (QED) is 0.403. The molecule has 0 radical (unpaired) electrons. The average molecular weight is 498 g/mol. The molecular formula is C24H20ClN3O5S. The molecule has 1 aliphatic heterocycles. The van der Waals surface area contributed by atoms with Gasteiger partial charge in [-0.2, -0.15) is 4.98 Å². The van der Waals surface area contributed by atoms with Crippen LogP contribution in [-0.2, 0) is 9.84 Å². The number of carbonyl (C=O) groups is 1. The molecule has 8 nitrogen and oxygen atoms in total. The Kier molecular flexibility index (Phi) is 5.89. The van der Waals surface area contributed by atoms with Gasteiger partial charge in [0.1, 0.15) is 0 Å². The molecule has 0 N–H and O–H groups in total. The summed E-state index contributed by atoms with van der Waals surface area (Å²) in [5.74, 6) is 0.419. The highest BCUT2D eigenvalue weighted by Crippen LogP contribution is 2.35. The first-order valence-electron chi connectivity index (χ1n) is 10.6. The number of rotatable bonds is 5. The zero-order valence-corrected chi connectivity index (χ0v) is 19.5. The van der Waals surface area contributed by atoms with E-state index in [1.807, 2.05) is 18.2 Å². The number of carbonyl (C=O) groups excluding carboxylic acids is 1. The van der Waals surface area contributed by atoms with Crippen molar-refractivity contribution >= 4 is 33.2 Å². The first-order chi connectivity index (χ1) is 16.4. The van der Waals surface area contributed by atoms with Crippen LogP contribution in [0, 0.1) is 0 Å². The van der Waals surface area contributed by atoms with Gasteiger partial charge in [0.05, 0.1) is 11.2 Å². The standard InChI is InChI=1S/C24H20ClN3O5S/c25-18-8-10-19(11-9-18)34(30,31)22-24(33-21(26-22)17-5-2-1-3-6-17)28-14-12-27(13-15-28)23(29)20-7-4-16-32-20/h1-11,16H,12-15H2. The van der Waals surface area contributed by atoms with Crippen molar-refractivity contribution in [2.45, 2.75) is 9.92 Å². The summed E-state index contributed by atoms with van der Waals surface area (Å²) in [6, 6.07) is 18.3. The van der Waals surface area contributed by atoms with E-state index in [1.54, 1.807) is 34.1 Å². The number of piperazine rings is 1. The number of hydrogen-bond donors (Lipinski definition) is 0. The third-order valence-electron chi connectivity index (χ3n) is 5.56. The highest BCUT2D eigenvalue weighted by Gasteiger charge is 2.34. The molecule has 2 aromatic heterocycles. The number of anilines is 1. The number of hydrogen-bond acceptors (Lipinski definition) is 7. The third-order valence-corrected chi connectivity index (χ3v) is 7.48. The normalized spacial score (nSPS) is 14.4. The van der Waals surface area contributed by atoms with E-state index in [9.17, 15) is 13.2 Å². The molecule has 0 aliphatic carbocycles. The Morgan fingerprint density at radius 3 is 2.26 bits per heavy atom. The highest BCUT2D eigenvalue weighted by atomic mass is 35.5. The van der Waals surface area contributed by atoms with Crippen molar-refractivity contribution < 1.29 is 22.0 Å². The van der Waals surface area contributed by atoms with Crippen LogP contribution < -0.4 is 4.90 Å². The maximum absolute atomic E-state index is 13.5. The van der Waals surface area contributed by atoms with Gasteiger partial charge in [0, 0.05) is 36.8 Å². The first-order valence-corrected chi connectivity index (χ1v) is 12.4. The Balaban J connectivity index is 1.48. The molecule has 0 unspecified atom stereocenters. The van der Waals surface area contributed by atoms with Crippen molar-refractivity contribution in [3.63, 3.8) is 0 Å². The molecule has 1 aliphatic rings. The maximum Gasteiger partial charge on any atom is 0.289 e. The van der Waals surface area contributed by atoms with E-state index in [0.717, 1.165) is 0 Å². The van der Waals surface area contributed by atoms with Crippen molar-refractivity contribution in [1.82, 2.24) is 9.88 Å². The van der Waals surface area contributed by atoms with Crippen LogP contribution in [0.4, 0.5) is 5.88 Å². The summed E-state index contributed by atoms with van der Waals surface area (Å²) in [5, 5.41) is 0.265. The summed E-state index contributed by atoms with van der Waals surface area (Å²) in [6.07, 6.45) is 1.46. The van der Waals surface area contributed by atoms with Crippen LogP contribution in [0.25, 0.3) is 11.5 Å². The second-order valence-corrected chi connectivity index (χ2v) is 10.0. The lowest BCUT2D eigenvalue weighted by Gasteiger charge is -2.34. The minimum absolute atomic E-state index is 0.0673. The van der Waals surface area contributed by atoms with E-state index < -0.39 is 9.84 Å². The molecule has 1 saturated heterocycles. The summed E-state index contributed by atoms with van der Waals surface area (Å²) < 4.78 is 38.3. The fourth-order valence-electron chi connectivity index (χ4n) is 3.77. The van der Waals surface area contributed by atoms with Gasteiger partial charge in [-0.05, 0) is 48.5 Å². The van der Waals surface area contributed by atoms with Gasteiger partial charge in [0.15, 0.2) is 5.76 Å². The van der Waals surface area contributed by atoms with Crippen molar-refractivity contribution in [1.29, 1.82) is 0 Å². The van der Waals surface area contributed by atoms with Crippen LogP contribution in [0.15, 0.2) is 91.7 Å². The van der Waals surface area contributed by atoms with E-state index in [0.29, 0.717) is 36.8 Å². The largest absolute Gasteiger partial charge is 0.459 e. The Bertz CT molecular complexity index is 1390. The lowest BCUT2D eigenvalue weighted by molar-refractivity contribution is 0.0713. The minimum atomic E-state index is -3.99. The molecule has 0 atom stereocenters. The Labute approximate surface area is 201 Å². The summed E-state index contributed by atoms with van der Waals surface area (Å²) in [5.41, 5.74) is 0.660. The SMILES string of the molecule is O=C(c1ccco1)N1CCN(c2oc(-c3ccccc3)nc2S(=O)(=O)c2ccc(Cl)cc2)CC1. The molecule has 1 fully saturated rings. The molecular weight excluding hydrogens is 478 g/mol. The molecule has 0 saturated carbocycles. The fourth-order valence-corrected chi connectivity index (χ4v) is 5.22. The van der Waals surface area contributed by atoms with Gasteiger partial charge in [0.2, 0.25) is 26.6 Å². The van der Waals surface area contributed by atoms with E-state index >= 15 is 0 Å². The van der Waals surface area contributed by atoms with E-state index in [2.05, 4.69) is 4.98 Å². The maximum atomic E-state index is 13.5. The van der Waals surface area contributed by atoms with Gasteiger partial charge in [-0.25, -0.2) is 8.42 Å². The Morgan fingerprint density at radius 2 is 1.62 bits per heavy atom. The summed E-state index contributed by atoms with van der Waals surface area (Å²) >= 11 is 5.95. The minimum Gasteiger partial charge on any atom is -0.459 e. The number of aromatic nitrogens is 1. The average Bonchev–Trinajstić information content (AvgIpc) is 3.56. The molecule has 4 aromatic rings. The number of sulfone groups is 1. The van der Waals surface area contributed by atoms with E-state index in [4.69, 9.17) is 20.4 Å².